The first-order valence-electron chi connectivity index (χ1n) is 8.73. The highest BCUT2D eigenvalue weighted by Gasteiger charge is 2.37. The van der Waals surface area contributed by atoms with Crippen LogP contribution in [0.15, 0.2) is 53.4 Å². The van der Waals surface area contributed by atoms with E-state index in [0.29, 0.717) is 17.6 Å². The number of sulfonamides is 1. The summed E-state index contributed by atoms with van der Waals surface area (Å²) in [6.45, 7) is 2.46. The molecule has 0 bridgehead atoms. The summed E-state index contributed by atoms with van der Waals surface area (Å²) in [5, 5.41) is 0.423. The number of hydrogen-bond donors (Lipinski definition) is 1. The number of para-hydroxylation sites is 1. The molecule has 1 fully saturated rings. The summed E-state index contributed by atoms with van der Waals surface area (Å²) < 4.78 is 28.2. The molecule has 26 heavy (non-hydrogen) atoms. The van der Waals surface area contributed by atoms with Gasteiger partial charge in [0.2, 0.25) is 10.0 Å². The number of hydrogen-bond acceptors (Lipinski definition) is 4. The Morgan fingerprint density at radius 3 is 2.73 bits per heavy atom. The number of rotatable bonds is 3. The Kier molecular flexibility index (Phi) is 4.69. The van der Waals surface area contributed by atoms with Gasteiger partial charge in [-0.25, -0.2) is 13.1 Å². The average molecular weight is 392 g/mol. The van der Waals surface area contributed by atoms with E-state index >= 15 is 0 Å². The standard InChI is InChI=1S/C19H22ClN3O2S/c1-22-13-17-10-16(12-23(17)11-14-5-2-3-8-19(14)22)21-26(24,25)18-7-4-6-15(20)9-18/h2-9,16-17,21H,10-13H2,1H3/t16-,17-/m0/s1. The molecule has 0 aromatic heterocycles. The molecule has 0 amide bonds. The maximum absolute atomic E-state index is 12.7. The van der Waals surface area contributed by atoms with Gasteiger partial charge in [0.15, 0.2) is 0 Å². The molecule has 1 N–H and O–H groups in total. The van der Waals surface area contributed by atoms with Crippen molar-refractivity contribution in [3.8, 4) is 0 Å². The van der Waals surface area contributed by atoms with E-state index in [9.17, 15) is 8.42 Å². The van der Waals surface area contributed by atoms with E-state index in [4.69, 9.17) is 11.6 Å². The average Bonchev–Trinajstić information content (AvgIpc) is 2.89. The van der Waals surface area contributed by atoms with Gasteiger partial charge in [0.05, 0.1) is 4.90 Å². The lowest BCUT2D eigenvalue weighted by Crippen LogP contribution is -2.37. The molecule has 2 atom stereocenters. The minimum Gasteiger partial charge on any atom is -0.373 e. The van der Waals surface area contributed by atoms with Crippen LogP contribution in [0, 0.1) is 0 Å². The van der Waals surface area contributed by atoms with Crippen molar-refractivity contribution < 1.29 is 8.42 Å². The first-order chi connectivity index (χ1) is 12.4. The molecule has 0 spiro atoms. The minimum atomic E-state index is -3.57. The van der Waals surface area contributed by atoms with Crippen molar-refractivity contribution in [1.29, 1.82) is 0 Å². The Labute approximate surface area is 159 Å². The van der Waals surface area contributed by atoms with Crippen LogP contribution in [-0.4, -0.2) is 45.5 Å². The van der Waals surface area contributed by atoms with Crippen LogP contribution >= 0.6 is 11.6 Å². The van der Waals surface area contributed by atoms with Gasteiger partial charge in [0, 0.05) is 49.5 Å². The second-order valence-electron chi connectivity index (χ2n) is 7.10. The lowest BCUT2D eigenvalue weighted by atomic mass is 10.1. The van der Waals surface area contributed by atoms with Gasteiger partial charge in [-0.2, -0.15) is 0 Å². The second kappa shape index (κ2) is 6.85. The highest BCUT2D eigenvalue weighted by molar-refractivity contribution is 7.89. The maximum Gasteiger partial charge on any atom is 0.240 e. The van der Waals surface area contributed by atoms with Crippen LogP contribution in [0.2, 0.25) is 5.02 Å². The highest BCUT2D eigenvalue weighted by Crippen LogP contribution is 2.31. The molecule has 0 radical (unpaired) electrons. The maximum atomic E-state index is 12.7. The number of nitrogens with zero attached hydrogens (tertiary/aromatic N) is 2. The molecule has 2 heterocycles. The van der Waals surface area contributed by atoms with Gasteiger partial charge in [0.1, 0.15) is 0 Å². The monoisotopic (exact) mass is 391 g/mol. The van der Waals surface area contributed by atoms with Gasteiger partial charge in [0.25, 0.3) is 0 Å². The summed E-state index contributed by atoms with van der Waals surface area (Å²) >= 11 is 5.94. The van der Waals surface area contributed by atoms with E-state index in [-0.39, 0.29) is 10.9 Å². The molecular weight excluding hydrogens is 370 g/mol. The largest absolute Gasteiger partial charge is 0.373 e. The molecule has 1 saturated heterocycles. The smallest absolute Gasteiger partial charge is 0.240 e. The molecular formula is C19H22ClN3O2S. The quantitative estimate of drug-likeness (QED) is 0.874. The summed E-state index contributed by atoms with van der Waals surface area (Å²) in [7, 11) is -1.46. The fourth-order valence-corrected chi connectivity index (χ4v) is 5.57. The number of halogens is 1. The molecule has 0 saturated carbocycles. The van der Waals surface area contributed by atoms with Gasteiger partial charge in [-0.3, -0.25) is 4.90 Å². The molecule has 2 aromatic rings. The van der Waals surface area contributed by atoms with E-state index in [1.54, 1.807) is 18.2 Å². The van der Waals surface area contributed by atoms with Crippen LogP contribution in [-0.2, 0) is 16.6 Å². The summed E-state index contributed by atoms with van der Waals surface area (Å²) in [4.78, 5) is 4.87. The van der Waals surface area contributed by atoms with E-state index in [1.165, 1.54) is 17.3 Å². The first-order valence-corrected chi connectivity index (χ1v) is 10.6. The van der Waals surface area contributed by atoms with Crippen molar-refractivity contribution in [1.82, 2.24) is 9.62 Å². The van der Waals surface area contributed by atoms with Gasteiger partial charge in [-0.1, -0.05) is 35.9 Å². The van der Waals surface area contributed by atoms with Crippen LogP contribution < -0.4 is 9.62 Å². The topological polar surface area (TPSA) is 52.7 Å². The highest BCUT2D eigenvalue weighted by atomic mass is 35.5. The zero-order chi connectivity index (χ0) is 18.3. The van der Waals surface area contributed by atoms with Crippen LogP contribution in [0.4, 0.5) is 5.69 Å². The molecule has 5 nitrogen and oxygen atoms in total. The van der Waals surface area contributed by atoms with Crippen molar-refractivity contribution in [2.45, 2.75) is 29.9 Å². The Bertz CT molecular complexity index is 919. The summed E-state index contributed by atoms with van der Waals surface area (Å²) in [6, 6.07) is 15.1. The Morgan fingerprint density at radius 2 is 1.92 bits per heavy atom. The van der Waals surface area contributed by atoms with Crippen LogP contribution in [0.3, 0.4) is 0 Å². The van der Waals surface area contributed by atoms with Crippen LogP contribution in [0.5, 0.6) is 0 Å². The van der Waals surface area contributed by atoms with Gasteiger partial charge in [-0.15, -0.1) is 0 Å². The third-order valence-electron chi connectivity index (χ3n) is 5.22. The lowest BCUT2D eigenvalue weighted by molar-refractivity contribution is 0.254. The number of anilines is 1. The predicted molar refractivity (Wildman–Crippen MR) is 104 cm³/mol. The predicted octanol–water partition coefficient (Wildman–Crippen LogP) is 2.71. The molecule has 4 rings (SSSR count). The molecule has 2 aromatic carbocycles. The third kappa shape index (κ3) is 3.47. The Balaban J connectivity index is 1.51. The number of fused-ring (bicyclic) bond motifs is 2. The van der Waals surface area contributed by atoms with E-state index in [0.717, 1.165) is 19.5 Å². The summed E-state index contributed by atoms with van der Waals surface area (Å²) in [6.07, 6.45) is 0.804. The van der Waals surface area contributed by atoms with Crippen LogP contribution in [0.1, 0.15) is 12.0 Å². The minimum absolute atomic E-state index is 0.0948. The summed E-state index contributed by atoms with van der Waals surface area (Å²) in [5.41, 5.74) is 2.55. The third-order valence-corrected chi connectivity index (χ3v) is 6.97. The molecule has 7 heteroatoms. The summed E-state index contributed by atoms with van der Waals surface area (Å²) in [5.74, 6) is 0. The van der Waals surface area contributed by atoms with E-state index < -0.39 is 10.0 Å². The van der Waals surface area contributed by atoms with Gasteiger partial charge in [-0.05, 0) is 36.2 Å². The molecule has 2 aliphatic rings. The second-order valence-corrected chi connectivity index (χ2v) is 9.25. The molecule has 0 unspecified atom stereocenters. The zero-order valence-electron chi connectivity index (χ0n) is 14.6. The Morgan fingerprint density at radius 1 is 1.12 bits per heavy atom. The van der Waals surface area contributed by atoms with Crippen molar-refractivity contribution in [2.75, 3.05) is 25.0 Å². The first kappa shape index (κ1) is 17.8. The fraction of sp³-hybridized carbons (Fsp3) is 0.368. The number of benzene rings is 2. The molecule has 0 aliphatic carbocycles. The Hall–Kier alpha value is -1.60. The van der Waals surface area contributed by atoms with E-state index in [2.05, 4.69) is 45.8 Å². The molecule has 2 aliphatic heterocycles. The SMILES string of the molecule is CN1C[C@@H]2C[C@H](NS(=O)(=O)c3cccc(Cl)c3)CN2Cc2ccccc21. The number of likely N-dealkylation sites (N-methyl/N-ethyl adjacent to an activating group) is 1. The van der Waals surface area contributed by atoms with Crippen molar-refractivity contribution in [3.05, 3.63) is 59.1 Å². The van der Waals surface area contributed by atoms with Crippen molar-refractivity contribution in [3.63, 3.8) is 0 Å². The fourth-order valence-electron chi connectivity index (χ4n) is 4.03. The van der Waals surface area contributed by atoms with Crippen molar-refractivity contribution >= 4 is 27.3 Å². The normalized spacial score (nSPS) is 23.4. The van der Waals surface area contributed by atoms with E-state index in [1.807, 2.05) is 0 Å². The zero-order valence-corrected chi connectivity index (χ0v) is 16.2. The molecule has 138 valence electrons. The number of nitrogens with one attached hydrogen (secondary N) is 1. The van der Waals surface area contributed by atoms with Gasteiger partial charge < -0.3 is 4.90 Å². The van der Waals surface area contributed by atoms with Crippen LogP contribution in [0.25, 0.3) is 0 Å². The van der Waals surface area contributed by atoms with Crippen molar-refractivity contribution in [2.24, 2.45) is 0 Å². The van der Waals surface area contributed by atoms with Gasteiger partial charge >= 0.3 is 0 Å². The lowest BCUT2D eigenvalue weighted by Gasteiger charge is -2.24.